The predicted molar refractivity (Wildman–Crippen MR) is 64.9 cm³/mol. The van der Waals surface area contributed by atoms with Gasteiger partial charge in [-0.15, -0.1) is 6.58 Å². The number of benzene rings is 1. The van der Waals surface area contributed by atoms with Crippen molar-refractivity contribution in [3.63, 3.8) is 0 Å². The highest BCUT2D eigenvalue weighted by Gasteiger charge is 2.42. The Kier molecular flexibility index (Phi) is 2.72. The first kappa shape index (κ1) is 11.1. The van der Waals surface area contributed by atoms with Gasteiger partial charge in [0, 0.05) is 0 Å². The van der Waals surface area contributed by atoms with Gasteiger partial charge in [0.2, 0.25) is 0 Å². The van der Waals surface area contributed by atoms with Crippen LogP contribution in [0, 0.1) is 0 Å². The Balaban J connectivity index is 2.51. The van der Waals surface area contributed by atoms with E-state index in [4.69, 9.17) is 0 Å². The molecule has 0 fully saturated rings. The molecule has 2 rings (SSSR count). The maximum atomic E-state index is 12.5. The molecular weight excluding hydrogens is 220 g/mol. The quantitative estimate of drug-likeness (QED) is 0.754. The van der Waals surface area contributed by atoms with Crippen LogP contribution in [0.1, 0.15) is 12.8 Å². The maximum Gasteiger partial charge on any atom is 0.188 e. The first-order valence-corrected chi connectivity index (χ1v) is 6.69. The molecule has 0 aliphatic heterocycles. The first-order valence-electron chi connectivity index (χ1n) is 5.21. The molecule has 16 heavy (non-hydrogen) atoms. The van der Waals surface area contributed by atoms with Gasteiger partial charge in [-0.05, 0) is 25.0 Å². The van der Waals surface area contributed by atoms with Crippen molar-refractivity contribution in [3.8, 4) is 0 Å². The summed E-state index contributed by atoms with van der Waals surface area (Å²) in [4.78, 5) is 0.374. The van der Waals surface area contributed by atoms with Crippen molar-refractivity contribution in [2.45, 2.75) is 22.5 Å². The molecule has 0 radical (unpaired) electrons. The Morgan fingerprint density at radius 1 is 1.12 bits per heavy atom. The Morgan fingerprint density at radius 2 is 1.69 bits per heavy atom. The highest BCUT2D eigenvalue weighted by atomic mass is 32.2. The third kappa shape index (κ3) is 1.52. The molecule has 1 aromatic carbocycles. The van der Waals surface area contributed by atoms with Crippen LogP contribution in [0.4, 0.5) is 0 Å². The minimum absolute atomic E-state index is 0.374. The summed E-state index contributed by atoms with van der Waals surface area (Å²) in [5.74, 6) is 0. The summed E-state index contributed by atoms with van der Waals surface area (Å²) in [6.45, 7) is 3.69. The molecule has 0 saturated carbocycles. The monoisotopic (exact) mass is 234 g/mol. The Hall–Kier alpha value is -1.35. The molecule has 0 amide bonds. The van der Waals surface area contributed by atoms with Gasteiger partial charge in [-0.2, -0.15) is 0 Å². The van der Waals surface area contributed by atoms with Crippen LogP contribution in [0.25, 0.3) is 0 Å². The van der Waals surface area contributed by atoms with Crippen LogP contribution < -0.4 is 0 Å². The van der Waals surface area contributed by atoms with Crippen LogP contribution >= 0.6 is 0 Å². The number of hydrogen-bond donors (Lipinski definition) is 0. The molecule has 1 aromatic rings. The first-order chi connectivity index (χ1) is 7.62. The summed E-state index contributed by atoms with van der Waals surface area (Å²) in [5, 5.41) is 0. The fourth-order valence-corrected chi connectivity index (χ4v) is 3.81. The van der Waals surface area contributed by atoms with Crippen molar-refractivity contribution in [2.75, 3.05) is 0 Å². The van der Waals surface area contributed by atoms with E-state index in [2.05, 4.69) is 6.58 Å². The molecule has 0 aromatic heterocycles. The summed E-state index contributed by atoms with van der Waals surface area (Å²) >= 11 is 0. The van der Waals surface area contributed by atoms with Crippen molar-refractivity contribution in [1.82, 2.24) is 0 Å². The molecule has 0 saturated heterocycles. The lowest BCUT2D eigenvalue weighted by Crippen LogP contribution is -2.33. The van der Waals surface area contributed by atoms with Crippen LogP contribution in [-0.2, 0) is 9.84 Å². The molecule has 84 valence electrons. The van der Waals surface area contributed by atoms with Crippen molar-refractivity contribution in [3.05, 3.63) is 55.1 Å². The topological polar surface area (TPSA) is 34.1 Å². The molecular formula is C13H14O2S. The van der Waals surface area contributed by atoms with Crippen LogP contribution in [0.3, 0.4) is 0 Å². The summed E-state index contributed by atoms with van der Waals surface area (Å²) in [6.07, 6.45) is 6.42. The Labute approximate surface area is 96.2 Å². The van der Waals surface area contributed by atoms with E-state index in [0.29, 0.717) is 17.7 Å². The number of hydrogen-bond acceptors (Lipinski definition) is 2. The van der Waals surface area contributed by atoms with E-state index >= 15 is 0 Å². The summed E-state index contributed by atoms with van der Waals surface area (Å²) in [5.41, 5.74) is 0. The smallest absolute Gasteiger partial charge is 0.188 e. The van der Waals surface area contributed by atoms with Crippen LogP contribution in [0.15, 0.2) is 60.0 Å². The van der Waals surface area contributed by atoms with E-state index in [1.54, 1.807) is 30.3 Å². The molecule has 0 spiro atoms. The van der Waals surface area contributed by atoms with E-state index in [-0.39, 0.29) is 0 Å². The van der Waals surface area contributed by atoms with Gasteiger partial charge >= 0.3 is 0 Å². The van der Waals surface area contributed by atoms with Gasteiger partial charge < -0.3 is 0 Å². The van der Waals surface area contributed by atoms with Crippen LogP contribution in [0.2, 0.25) is 0 Å². The second-order valence-corrected chi connectivity index (χ2v) is 6.26. The lowest BCUT2D eigenvalue weighted by molar-refractivity contribution is 0.559. The maximum absolute atomic E-state index is 12.5. The molecule has 0 atom stereocenters. The van der Waals surface area contributed by atoms with Gasteiger partial charge in [0.15, 0.2) is 9.84 Å². The fraction of sp³-hybridized carbons (Fsp3) is 0.231. The second kappa shape index (κ2) is 3.91. The normalized spacial score (nSPS) is 18.5. The largest absolute Gasteiger partial charge is 0.223 e. The lowest BCUT2D eigenvalue weighted by atomic mass is 10.1. The van der Waals surface area contributed by atoms with Gasteiger partial charge in [-0.25, -0.2) is 8.42 Å². The highest BCUT2D eigenvalue weighted by molar-refractivity contribution is 7.93. The van der Waals surface area contributed by atoms with Crippen LogP contribution in [-0.4, -0.2) is 13.2 Å². The summed E-state index contributed by atoms with van der Waals surface area (Å²) in [6, 6.07) is 8.57. The fourth-order valence-electron chi connectivity index (χ4n) is 1.98. The molecule has 0 bridgehead atoms. The molecule has 0 unspecified atom stereocenters. The highest BCUT2D eigenvalue weighted by Crippen LogP contribution is 2.37. The number of sulfone groups is 1. The second-order valence-electron chi connectivity index (χ2n) is 3.97. The average Bonchev–Trinajstić information content (AvgIpc) is 2.80. The van der Waals surface area contributed by atoms with Crippen molar-refractivity contribution >= 4 is 9.84 Å². The average molecular weight is 234 g/mol. The van der Waals surface area contributed by atoms with Crippen molar-refractivity contribution in [1.29, 1.82) is 0 Å². The Bertz CT molecular complexity index is 504. The molecule has 0 heterocycles. The summed E-state index contributed by atoms with van der Waals surface area (Å²) < 4.78 is 24.1. The van der Waals surface area contributed by atoms with Gasteiger partial charge in [0.1, 0.15) is 4.75 Å². The van der Waals surface area contributed by atoms with E-state index in [1.165, 1.54) is 0 Å². The standard InChI is InChI=1S/C13H14O2S/c1-2-13(10-6-7-11-13)16(14,15)12-8-4-3-5-9-12/h2-9H,1,10-11H2. The Morgan fingerprint density at radius 3 is 2.19 bits per heavy atom. The van der Waals surface area contributed by atoms with Crippen molar-refractivity contribution in [2.24, 2.45) is 0 Å². The number of allylic oxidation sites excluding steroid dienone is 2. The van der Waals surface area contributed by atoms with Crippen LogP contribution in [0.5, 0.6) is 0 Å². The summed E-state index contributed by atoms with van der Waals surface area (Å²) in [7, 11) is -3.33. The third-order valence-electron chi connectivity index (χ3n) is 3.05. The van der Waals surface area contributed by atoms with Gasteiger partial charge in [-0.1, -0.05) is 36.4 Å². The molecule has 1 aliphatic carbocycles. The molecule has 3 heteroatoms. The van der Waals surface area contributed by atoms with E-state index in [0.717, 1.165) is 0 Å². The zero-order valence-corrected chi connectivity index (χ0v) is 9.78. The third-order valence-corrected chi connectivity index (χ3v) is 5.52. The SMILES string of the molecule is C=CC1(S(=O)(=O)c2ccccc2)CC=CC1. The zero-order chi connectivity index (χ0) is 11.6. The predicted octanol–water partition coefficient (Wildman–Crippen LogP) is 2.74. The zero-order valence-electron chi connectivity index (χ0n) is 8.96. The van der Waals surface area contributed by atoms with E-state index in [9.17, 15) is 8.42 Å². The lowest BCUT2D eigenvalue weighted by Gasteiger charge is -2.24. The molecule has 2 nitrogen and oxygen atoms in total. The molecule has 0 N–H and O–H groups in total. The van der Waals surface area contributed by atoms with Crippen molar-refractivity contribution < 1.29 is 8.42 Å². The van der Waals surface area contributed by atoms with Gasteiger partial charge in [0.05, 0.1) is 4.90 Å². The van der Waals surface area contributed by atoms with Gasteiger partial charge in [0.25, 0.3) is 0 Å². The molecule has 1 aliphatic rings. The van der Waals surface area contributed by atoms with E-state index < -0.39 is 14.6 Å². The van der Waals surface area contributed by atoms with E-state index in [1.807, 2.05) is 18.2 Å². The van der Waals surface area contributed by atoms with Gasteiger partial charge in [-0.3, -0.25) is 0 Å². The number of rotatable bonds is 3. The minimum atomic E-state index is -3.33. The minimum Gasteiger partial charge on any atom is -0.223 e.